The van der Waals surface area contributed by atoms with Crippen LogP contribution in [-0.4, -0.2) is 20.8 Å². The van der Waals surface area contributed by atoms with Crippen molar-refractivity contribution in [2.75, 3.05) is 0 Å². The normalized spacial score (nSPS) is 11.0. The van der Waals surface area contributed by atoms with Crippen LogP contribution in [0.1, 0.15) is 29.4 Å². The summed E-state index contributed by atoms with van der Waals surface area (Å²) in [7, 11) is 0. The Morgan fingerprint density at radius 1 is 1.19 bits per heavy atom. The lowest BCUT2D eigenvalue weighted by Crippen LogP contribution is -2.11. The Hall–Kier alpha value is -2.01. The Bertz CT molecular complexity index is 810. The second-order valence-electron chi connectivity index (χ2n) is 4.88. The molecule has 5 heteroatoms. The van der Waals surface area contributed by atoms with E-state index >= 15 is 0 Å². The van der Waals surface area contributed by atoms with Gasteiger partial charge in [0.15, 0.2) is 0 Å². The first kappa shape index (κ1) is 13.9. The first-order valence-corrected chi connectivity index (χ1v) is 7.61. The quantitative estimate of drug-likeness (QED) is 0.676. The van der Waals surface area contributed by atoms with Gasteiger partial charge in [-0.05, 0) is 35.4 Å². The van der Waals surface area contributed by atoms with Crippen LogP contribution in [-0.2, 0) is 6.54 Å². The lowest BCUT2D eigenvalue weighted by atomic mass is 10.0. The maximum atomic E-state index is 12.6. The van der Waals surface area contributed by atoms with Gasteiger partial charge in [0.1, 0.15) is 5.69 Å². The maximum absolute atomic E-state index is 12.6. The highest BCUT2D eigenvalue weighted by atomic mass is 79.9. The Morgan fingerprint density at radius 3 is 2.76 bits per heavy atom. The third-order valence-electron chi connectivity index (χ3n) is 3.35. The van der Waals surface area contributed by atoms with Crippen molar-refractivity contribution in [3.05, 3.63) is 58.3 Å². The Morgan fingerprint density at radius 2 is 1.95 bits per heavy atom. The molecule has 1 heterocycles. The lowest BCUT2D eigenvalue weighted by molar-refractivity contribution is 0.102. The summed E-state index contributed by atoms with van der Waals surface area (Å²) in [6.07, 6.45) is 2.44. The van der Waals surface area contributed by atoms with Gasteiger partial charge in [0.25, 0.3) is 0 Å². The minimum atomic E-state index is -0.0433. The minimum absolute atomic E-state index is 0.0433. The largest absolute Gasteiger partial charge is 0.287 e. The molecule has 0 aliphatic heterocycles. The number of carbonyl (C=O) groups is 1. The Kier molecular flexibility index (Phi) is 3.84. The van der Waals surface area contributed by atoms with Gasteiger partial charge in [-0.25, -0.2) is 4.68 Å². The number of carbonyl (C=O) groups excluding carboxylic acids is 1. The van der Waals surface area contributed by atoms with Crippen molar-refractivity contribution in [3.8, 4) is 0 Å². The van der Waals surface area contributed by atoms with Crippen molar-refractivity contribution in [1.29, 1.82) is 0 Å². The molecule has 106 valence electrons. The van der Waals surface area contributed by atoms with Crippen molar-refractivity contribution in [2.24, 2.45) is 0 Å². The number of rotatable bonds is 4. The molecule has 3 rings (SSSR count). The second-order valence-corrected chi connectivity index (χ2v) is 5.79. The molecule has 0 saturated carbocycles. The maximum Gasteiger partial charge on any atom is 0.212 e. The number of halogens is 1. The van der Waals surface area contributed by atoms with Crippen LogP contribution < -0.4 is 0 Å². The van der Waals surface area contributed by atoms with Crippen molar-refractivity contribution in [3.63, 3.8) is 0 Å². The number of ketones is 1. The van der Waals surface area contributed by atoms with Crippen molar-refractivity contribution in [1.82, 2.24) is 15.0 Å². The molecule has 4 nitrogen and oxygen atoms in total. The number of fused-ring (bicyclic) bond motifs is 1. The monoisotopic (exact) mass is 343 g/mol. The van der Waals surface area contributed by atoms with E-state index in [9.17, 15) is 4.79 Å². The number of nitrogens with zero attached hydrogens (tertiary/aromatic N) is 3. The van der Waals surface area contributed by atoms with Gasteiger partial charge < -0.3 is 0 Å². The fourth-order valence-electron chi connectivity index (χ4n) is 2.32. The molecular weight excluding hydrogens is 330 g/mol. The lowest BCUT2D eigenvalue weighted by Gasteiger charge is -2.05. The number of hydrogen-bond acceptors (Lipinski definition) is 3. The van der Waals surface area contributed by atoms with E-state index in [4.69, 9.17) is 0 Å². The average molecular weight is 344 g/mol. The highest BCUT2D eigenvalue weighted by Gasteiger charge is 2.15. The van der Waals surface area contributed by atoms with Gasteiger partial charge in [0.2, 0.25) is 5.78 Å². The summed E-state index contributed by atoms with van der Waals surface area (Å²) in [4.78, 5) is 12.6. The molecule has 0 N–H and O–H groups in total. The first-order chi connectivity index (χ1) is 10.2. The standard InChI is InChI=1S/C16H14BrN3O/c1-2-7-20-15(10-18-19-20)16(21)13-4-3-12-9-14(17)6-5-11(12)8-13/h3-6,8-10H,2,7H2,1H3. The fourth-order valence-corrected chi connectivity index (χ4v) is 2.69. The summed E-state index contributed by atoms with van der Waals surface area (Å²) < 4.78 is 2.69. The molecule has 3 aromatic rings. The second kappa shape index (κ2) is 5.77. The molecule has 0 aliphatic carbocycles. The third kappa shape index (κ3) is 2.74. The molecule has 0 fully saturated rings. The van der Waals surface area contributed by atoms with Crippen LogP contribution in [0.5, 0.6) is 0 Å². The Balaban J connectivity index is 2.01. The van der Waals surface area contributed by atoms with E-state index in [1.807, 2.05) is 43.3 Å². The summed E-state index contributed by atoms with van der Waals surface area (Å²) in [5, 5.41) is 9.95. The van der Waals surface area contributed by atoms with Gasteiger partial charge in [-0.2, -0.15) is 0 Å². The SMILES string of the molecule is CCCn1nncc1C(=O)c1ccc2cc(Br)ccc2c1. The Labute approximate surface area is 130 Å². The average Bonchev–Trinajstić information content (AvgIpc) is 2.94. The molecule has 1 aromatic heterocycles. The van der Waals surface area contributed by atoms with Crippen LogP contribution >= 0.6 is 15.9 Å². The molecule has 0 unspecified atom stereocenters. The summed E-state index contributed by atoms with van der Waals surface area (Å²) in [6.45, 7) is 2.74. The molecular formula is C16H14BrN3O. The molecule has 2 aromatic carbocycles. The van der Waals surface area contributed by atoms with E-state index in [-0.39, 0.29) is 5.78 Å². The van der Waals surface area contributed by atoms with Gasteiger partial charge in [-0.15, -0.1) is 5.10 Å². The van der Waals surface area contributed by atoms with E-state index in [1.165, 1.54) is 6.20 Å². The molecule has 0 spiro atoms. The van der Waals surface area contributed by atoms with Crippen LogP contribution in [0.2, 0.25) is 0 Å². The van der Waals surface area contributed by atoms with Gasteiger partial charge in [-0.1, -0.05) is 46.3 Å². The van der Waals surface area contributed by atoms with Crippen LogP contribution in [0.15, 0.2) is 47.1 Å². The van der Waals surface area contributed by atoms with Crippen LogP contribution in [0.25, 0.3) is 10.8 Å². The molecule has 0 atom stereocenters. The van der Waals surface area contributed by atoms with E-state index in [0.29, 0.717) is 17.8 Å². The molecule has 0 amide bonds. The van der Waals surface area contributed by atoms with E-state index in [0.717, 1.165) is 21.7 Å². The summed E-state index contributed by atoms with van der Waals surface area (Å²) in [5.41, 5.74) is 1.19. The summed E-state index contributed by atoms with van der Waals surface area (Å²) >= 11 is 3.45. The number of aryl methyl sites for hydroxylation is 1. The summed E-state index contributed by atoms with van der Waals surface area (Å²) in [6, 6.07) is 11.7. The van der Waals surface area contributed by atoms with E-state index in [1.54, 1.807) is 4.68 Å². The highest BCUT2D eigenvalue weighted by Crippen LogP contribution is 2.22. The first-order valence-electron chi connectivity index (χ1n) is 6.81. The topological polar surface area (TPSA) is 47.8 Å². The molecule has 0 radical (unpaired) electrons. The zero-order valence-electron chi connectivity index (χ0n) is 11.6. The van der Waals surface area contributed by atoms with E-state index < -0.39 is 0 Å². The van der Waals surface area contributed by atoms with Crippen LogP contribution in [0, 0.1) is 0 Å². The van der Waals surface area contributed by atoms with Crippen molar-refractivity contribution >= 4 is 32.5 Å². The third-order valence-corrected chi connectivity index (χ3v) is 3.84. The van der Waals surface area contributed by atoms with Gasteiger partial charge in [0.05, 0.1) is 6.20 Å². The predicted molar refractivity (Wildman–Crippen MR) is 85.4 cm³/mol. The van der Waals surface area contributed by atoms with Crippen LogP contribution in [0.4, 0.5) is 0 Å². The number of aromatic nitrogens is 3. The minimum Gasteiger partial charge on any atom is -0.287 e. The highest BCUT2D eigenvalue weighted by molar-refractivity contribution is 9.10. The van der Waals surface area contributed by atoms with Crippen LogP contribution in [0.3, 0.4) is 0 Å². The summed E-state index contributed by atoms with van der Waals surface area (Å²) in [5.74, 6) is -0.0433. The molecule has 0 aliphatic rings. The van der Waals surface area contributed by atoms with Crippen molar-refractivity contribution in [2.45, 2.75) is 19.9 Å². The van der Waals surface area contributed by atoms with Gasteiger partial charge >= 0.3 is 0 Å². The predicted octanol–water partition coefficient (Wildman–Crippen LogP) is 3.83. The zero-order valence-corrected chi connectivity index (χ0v) is 13.2. The fraction of sp³-hybridized carbons (Fsp3) is 0.188. The number of hydrogen-bond donors (Lipinski definition) is 0. The smallest absolute Gasteiger partial charge is 0.212 e. The van der Waals surface area contributed by atoms with Gasteiger partial charge in [0, 0.05) is 16.6 Å². The molecule has 21 heavy (non-hydrogen) atoms. The zero-order chi connectivity index (χ0) is 14.8. The van der Waals surface area contributed by atoms with E-state index in [2.05, 4.69) is 26.2 Å². The number of benzene rings is 2. The van der Waals surface area contributed by atoms with Crippen molar-refractivity contribution < 1.29 is 4.79 Å². The molecule has 0 saturated heterocycles. The molecule has 0 bridgehead atoms. The van der Waals surface area contributed by atoms with Gasteiger partial charge in [-0.3, -0.25) is 4.79 Å².